The molecule has 2 heterocycles. The summed E-state index contributed by atoms with van der Waals surface area (Å²) in [5.74, 6) is -4.88. The van der Waals surface area contributed by atoms with Gasteiger partial charge in [-0.1, -0.05) is 18.2 Å². The third-order valence-electron chi connectivity index (χ3n) is 5.60. The van der Waals surface area contributed by atoms with Crippen molar-refractivity contribution in [2.75, 3.05) is 31.6 Å². The van der Waals surface area contributed by atoms with E-state index >= 15 is 0 Å². The van der Waals surface area contributed by atoms with Crippen molar-refractivity contribution in [2.24, 2.45) is 5.73 Å². The van der Waals surface area contributed by atoms with E-state index in [1.807, 2.05) is 6.07 Å². The minimum Gasteiger partial charge on any atom is -0.480 e. The molecule has 4 rings (SSSR count). The van der Waals surface area contributed by atoms with Crippen LogP contribution in [0.2, 0.25) is 0 Å². The summed E-state index contributed by atoms with van der Waals surface area (Å²) in [7, 11) is 1.75. The molecule has 3 aromatic rings. The summed E-state index contributed by atoms with van der Waals surface area (Å²) in [5, 5.41) is 9.57. The topological polar surface area (TPSA) is 91.9 Å². The van der Waals surface area contributed by atoms with Crippen molar-refractivity contribution in [3.05, 3.63) is 71.5 Å². The number of nitrogens with zero attached hydrogens (tertiary/aromatic N) is 3. The molecule has 1 unspecified atom stereocenters. The minimum absolute atomic E-state index is 0.0507. The number of ether oxygens (including phenoxy) is 1. The SMILES string of the molecule is CN1CCN(c2nc(Oc3cc(F)cc(-c4cccc(CN)c4)c3)c(F)cc2F)C(C(=O)O)C1. The van der Waals surface area contributed by atoms with Crippen molar-refractivity contribution in [1.82, 2.24) is 9.88 Å². The molecule has 10 heteroatoms. The first-order valence-electron chi connectivity index (χ1n) is 10.6. The normalized spacial score (nSPS) is 16.5. The summed E-state index contributed by atoms with van der Waals surface area (Å²) in [5.41, 5.74) is 7.68. The van der Waals surface area contributed by atoms with Crippen LogP contribution < -0.4 is 15.4 Å². The van der Waals surface area contributed by atoms with E-state index in [1.165, 1.54) is 17.0 Å². The van der Waals surface area contributed by atoms with Crippen LogP contribution in [-0.4, -0.2) is 53.7 Å². The number of hydrogen-bond donors (Lipinski definition) is 2. The van der Waals surface area contributed by atoms with E-state index in [0.29, 0.717) is 30.3 Å². The van der Waals surface area contributed by atoms with Crippen molar-refractivity contribution in [3.63, 3.8) is 0 Å². The van der Waals surface area contributed by atoms with Crippen molar-refractivity contribution < 1.29 is 27.8 Å². The van der Waals surface area contributed by atoms with Crippen LogP contribution in [-0.2, 0) is 11.3 Å². The molecule has 0 amide bonds. The van der Waals surface area contributed by atoms with Gasteiger partial charge in [0.1, 0.15) is 17.6 Å². The second kappa shape index (κ2) is 9.70. The Labute approximate surface area is 194 Å². The van der Waals surface area contributed by atoms with E-state index in [9.17, 15) is 23.1 Å². The second-order valence-electron chi connectivity index (χ2n) is 8.07. The molecule has 2 aromatic carbocycles. The fraction of sp³-hybridized carbons (Fsp3) is 0.250. The molecule has 1 fully saturated rings. The largest absolute Gasteiger partial charge is 0.480 e. The summed E-state index contributed by atoms with van der Waals surface area (Å²) in [4.78, 5) is 18.7. The molecule has 34 heavy (non-hydrogen) atoms. The number of nitrogens with two attached hydrogens (primary N) is 1. The zero-order valence-electron chi connectivity index (χ0n) is 18.3. The van der Waals surface area contributed by atoms with Crippen LogP contribution >= 0.6 is 0 Å². The predicted molar refractivity (Wildman–Crippen MR) is 120 cm³/mol. The number of carboxylic acid groups (broad SMARTS) is 1. The van der Waals surface area contributed by atoms with Gasteiger partial charge in [-0.05, 0) is 41.9 Å². The molecular weight excluding hydrogens is 449 g/mol. The van der Waals surface area contributed by atoms with E-state index in [4.69, 9.17) is 10.5 Å². The first kappa shape index (κ1) is 23.5. The van der Waals surface area contributed by atoms with Gasteiger partial charge in [-0.3, -0.25) is 0 Å². The maximum absolute atomic E-state index is 14.6. The van der Waals surface area contributed by atoms with Gasteiger partial charge < -0.3 is 25.4 Å². The van der Waals surface area contributed by atoms with Gasteiger partial charge in [0.2, 0.25) is 0 Å². The fourth-order valence-corrected chi connectivity index (χ4v) is 3.88. The first-order chi connectivity index (χ1) is 16.2. The Morgan fingerprint density at radius 2 is 1.91 bits per heavy atom. The number of piperazine rings is 1. The van der Waals surface area contributed by atoms with E-state index in [-0.39, 0.29) is 24.7 Å². The van der Waals surface area contributed by atoms with Crippen molar-refractivity contribution in [1.29, 1.82) is 0 Å². The number of pyridine rings is 1. The molecule has 1 aliphatic rings. The molecule has 0 aliphatic carbocycles. The Hall–Kier alpha value is -3.63. The van der Waals surface area contributed by atoms with Gasteiger partial charge in [0.25, 0.3) is 5.88 Å². The molecular formula is C24H23F3N4O3. The summed E-state index contributed by atoms with van der Waals surface area (Å²) >= 11 is 0. The van der Waals surface area contributed by atoms with Crippen molar-refractivity contribution >= 4 is 11.8 Å². The Kier molecular flexibility index (Phi) is 6.71. The highest BCUT2D eigenvalue weighted by Gasteiger charge is 2.34. The number of carbonyl (C=O) groups is 1. The van der Waals surface area contributed by atoms with Crippen molar-refractivity contribution in [2.45, 2.75) is 12.6 Å². The number of likely N-dealkylation sites (N-methyl/N-ethyl adjacent to an activating group) is 1. The third kappa shape index (κ3) is 4.97. The van der Waals surface area contributed by atoms with Gasteiger partial charge in [0.15, 0.2) is 17.5 Å². The van der Waals surface area contributed by atoms with E-state index in [1.54, 1.807) is 30.1 Å². The average molecular weight is 472 g/mol. The first-order valence-corrected chi connectivity index (χ1v) is 10.6. The van der Waals surface area contributed by atoms with Crippen LogP contribution in [0.1, 0.15) is 5.56 Å². The summed E-state index contributed by atoms with van der Waals surface area (Å²) < 4.78 is 49.0. The van der Waals surface area contributed by atoms with Crippen LogP contribution in [0.3, 0.4) is 0 Å². The van der Waals surface area contributed by atoms with Crippen LogP contribution in [0.4, 0.5) is 19.0 Å². The Bertz CT molecular complexity index is 1220. The van der Waals surface area contributed by atoms with Gasteiger partial charge in [0, 0.05) is 38.3 Å². The minimum atomic E-state index is -1.16. The van der Waals surface area contributed by atoms with Crippen LogP contribution in [0.25, 0.3) is 11.1 Å². The zero-order valence-corrected chi connectivity index (χ0v) is 18.3. The molecule has 0 spiro atoms. The number of benzene rings is 2. The highest BCUT2D eigenvalue weighted by atomic mass is 19.1. The lowest BCUT2D eigenvalue weighted by Crippen LogP contribution is -2.56. The molecule has 1 aromatic heterocycles. The lowest BCUT2D eigenvalue weighted by Gasteiger charge is -2.38. The number of hydrogen-bond acceptors (Lipinski definition) is 6. The van der Waals surface area contributed by atoms with E-state index < -0.39 is 35.3 Å². The lowest BCUT2D eigenvalue weighted by atomic mass is 10.0. The number of aromatic nitrogens is 1. The number of halogens is 3. The highest BCUT2D eigenvalue weighted by molar-refractivity contribution is 5.78. The van der Waals surface area contributed by atoms with Gasteiger partial charge in [-0.25, -0.2) is 18.0 Å². The van der Waals surface area contributed by atoms with Gasteiger partial charge in [-0.15, -0.1) is 0 Å². The van der Waals surface area contributed by atoms with Gasteiger partial charge in [0.05, 0.1) is 0 Å². The maximum atomic E-state index is 14.6. The Morgan fingerprint density at radius 1 is 1.12 bits per heavy atom. The number of carboxylic acids is 1. The summed E-state index contributed by atoms with van der Waals surface area (Å²) in [6.07, 6.45) is 0. The molecule has 1 aliphatic heterocycles. The molecule has 178 valence electrons. The zero-order chi connectivity index (χ0) is 24.4. The number of aliphatic carboxylic acids is 1. The molecule has 1 atom stereocenters. The average Bonchev–Trinajstić information content (AvgIpc) is 2.80. The maximum Gasteiger partial charge on any atom is 0.327 e. The van der Waals surface area contributed by atoms with Crippen molar-refractivity contribution in [3.8, 4) is 22.8 Å². The smallest absolute Gasteiger partial charge is 0.327 e. The summed E-state index contributed by atoms with van der Waals surface area (Å²) in [6.45, 7) is 1.08. The number of anilines is 1. The number of rotatable bonds is 6. The van der Waals surface area contributed by atoms with E-state index in [2.05, 4.69) is 4.98 Å². The third-order valence-corrected chi connectivity index (χ3v) is 5.60. The molecule has 7 nitrogen and oxygen atoms in total. The molecule has 0 radical (unpaired) electrons. The second-order valence-corrected chi connectivity index (χ2v) is 8.07. The summed E-state index contributed by atoms with van der Waals surface area (Å²) in [6, 6.07) is 10.5. The highest BCUT2D eigenvalue weighted by Crippen LogP contribution is 2.32. The standard InChI is InChI=1S/C24H23F3N4O3/c1-30-5-6-31(21(13-30)24(32)33)22-19(26)11-20(27)23(29-22)34-18-9-16(8-17(25)10-18)15-4-2-3-14(7-15)12-28/h2-4,7-11,21H,5-6,12-13,28H2,1H3,(H,32,33). The molecule has 0 bridgehead atoms. The monoisotopic (exact) mass is 472 g/mol. The van der Waals surface area contributed by atoms with Gasteiger partial charge in [-0.2, -0.15) is 4.98 Å². The molecule has 0 saturated carbocycles. The Balaban J connectivity index is 1.68. The van der Waals surface area contributed by atoms with Crippen LogP contribution in [0.5, 0.6) is 11.6 Å². The lowest BCUT2D eigenvalue weighted by molar-refractivity contribution is -0.139. The van der Waals surface area contributed by atoms with Crippen LogP contribution in [0.15, 0.2) is 48.5 Å². The quantitative estimate of drug-likeness (QED) is 0.566. The fourth-order valence-electron chi connectivity index (χ4n) is 3.88. The van der Waals surface area contributed by atoms with Crippen LogP contribution in [0, 0.1) is 17.5 Å². The van der Waals surface area contributed by atoms with E-state index in [0.717, 1.165) is 11.6 Å². The molecule has 1 saturated heterocycles. The Morgan fingerprint density at radius 3 is 2.65 bits per heavy atom. The van der Waals surface area contributed by atoms with Gasteiger partial charge >= 0.3 is 5.97 Å². The molecule has 3 N–H and O–H groups in total. The predicted octanol–water partition coefficient (Wildman–Crippen LogP) is 3.62.